The molecule has 0 unspecified atom stereocenters. The van der Waals surface area contributed by atoms with Crippen LogP contribution in [0.15, 0.2) is 21.9 Å². The molecule has 0 aromatic heterocycles. The Morgan fingerprint density at radius 2 is 1.78 bits per heavy atom. The fraction of sp³-hybridized carbons (Fsp3) is 0. The summed E-state index contributed by atoms with van der Waals surface area (Å²) in [7, 11) is 0. The number of halogens is 3. The summed E-state index contributed by atoms with van der Waals surface area (Å²) in [5, 5.41) is -0.00497. The van der Waals surface area contributed by atoms with E-state index in [1.165, 1.54) is 0 Å². The van der Waals surface area contributed by atoms with Crippen LogP contribution >= 0.6 is 34.8 Å². The minimum Gasteiger partial charge on any atom is -0.444 e. The Balaban J connectivity index is 2.70. The highest BCUT2D eigenvalue weighted by Crippen LogP contribution is 2.26. The largest absolute Gasteiger partial charge is 0.444 e. The predicted molar refractivity (Wildman–Crippen MR) is 34.8 cm³/mol. The van der Waals surface area contributed by atoms with Crippen LogP contribution in [0.3, 0.4) is 0 Å². The first-order valence-corrected chi connectivity index (χ1v) is 3.09. The summed E-state index contributed by atoms with van der Waals surface area (Å²) in [6, 6.07) is 0. The lowest BCUT2D eigenvalue weighted by atomic mass is 10.9. The summed E-state index contributed by atoms with van der Waals surface area (Å²) in [6.45, 7) is 0. The molecule has 0 radical (unpaired) electrons. The van der Waals surface area contributed by atoms with Crippen molar-refractivity contribution in [3.05, 3.63) is 21.9 Å². The second-order valence-electron chi connectivity index (χ2n) is 1.19. The molecule has 0 spiro atoms. The first-order chi connectivity index (χ1) is 4.20. The van der Waals surface area contributed by atoms with Gasteiger partial charge in [-0.2, -0.15) is 0 Å². The summed E-state index contributed by atoms with van der Waals surface area (Å²) >= 11 is 16.0. The highest BCUT2D eigenvalue weighted by molar-refractivity contribution is 6.38. The quantitative estimate of drug-likeness (QED) is 0.580. The molecule has 1 heterocycles. The van der Waals surface area contributed by atoms with E-state index in [9.17, 15) is 0 Å². The maximum Gasteiger partial charge on any atom is 0.250 e. The second kappa shape index (κ2) is 2.69. The smallest absolute Gasteiger partial charge is 0.250 e. The number of ether oxygens (including phenoxy) is 2. The van der Waals surface area contributed by atoms with Gasteiger partial charge in [0.1, 0.15) is 6.26 Å². The molecular weight excluding hydrogens is 186 g/mol. The highest BCUT2D eigenvalue weighted by Gasteiger charge is 2.11. The normalized spacial score (nSPS) is 18.3. The second-order valence-corrected chi connectivity index (χ2v) is 2.25. The van der Waals surface area contributed by atoms with Crippen molar-refractivity contribution in [2.45, 2.75) is 0 Å². The number of rotatable bonds is 0. The first-order valence-electron chi connectivity index (χ1n) is 1.95. The van der Waals surface area contributed by atoms with Gasteiger partial charge in [-0.15, -0.1) is 0 Å². The van der Waals surface area contributed by atoms with Gasteiger partial charge < -0.3 is 9.47 Å². The monoisotopic (exact) mass is 186 g/mol. The lowest BCUT2D eigenvalue weighted by Crippen LogP contribution is -1.93. The minimum absolute atomic E-state index is 0.0129. The van der Waals surface area contributed by atoms with Crippen LogP contribution in [0.4, 0.5) is 0 Å². The van der Waals surface area contributed by atoms with Crippen LogP contribution in [0.5, 0.6) is 0 Å². The highest BCUT2D eigenvalue weighted by atomic mass is 35.5. The topological polar surface area (TPSA) is 18.5 Å². The summed E-state index contributed by atoms with van der Waals surface area (Å²) < 4.78 is 9.21. The van der Waals surface area contributed by atoms with E-state index in [2.05, 4.69) is 9.47 Å². The third-order valence-corrected chi connectivity index (χ3v) is 1.37. The zero-order chi connectivity index (χ0) is 6.85. The van der Waals surface area contributed by atoms with Crippen LogP contribution in [0.25, 0.3) is 0 Å². The van der Waals surface area contributed by atoms with E-state index < -0.39 is 0 Å². The third-order valence-electron chi connectivity index (χ3n) is 0.597. The summed E-state index contributed by atoms with van der Waals surface area (Å²) in [4.78, 5) is 0. The van der Waals surface area contributed by atoms with Gasteiger partial charge in [-0.1, -0.05) is 0 Å². The van der Waals surface area contributed by atoms with Gasteiger partial charge in [0, 0.05) is 0 Å². The van der Waals surface area contributed by atoms with E-state index in [1.807, 2.05) is 0 Å². The summed E-state index contributed by atoms with van der Waals surface area (Å²) in [5.41, 5.74) is 0. The van der Waals surface area contributed by atoms with Gasteiger partial charge in [0.2, 0.25) is 15.7 Å². The Labute approximate surface area is 66.6 Å². The molecule has 50 valence electrons. The van der Waals surface area contributed by atoms with Crippen molar-refractivity contribution in [1.29, 1.82) is 0 Å². The van der Waals surface area contributed by atoms with Crippen LogP contribution in [0.2, 0.25) is 0 Å². The maximum atomic E-state index is 5.34. The fourth-order valence-electron chi connectivity index (χ4n) is 0.294. The van der Waals surface area contributed by atoms with Gasteiger partial charge in [0.05, 0.1) is 0 Å². The van der Waals surface area contributed by atoms with Gasteiger partial charge in [-0.3, -0.25) is 0 Å². The van der Waals surface area contributed by atoms with Crippen LogP contribution < -0.4 is 0 Å². The first kappa shape index (κ1) is 7.06. The SMILES string of the molecule is ClC1=COC(Cl)=C(Cl)O1. The van der Waals surface area contributed by atoms with Crippen molar-refractivity contribution in [1.82, 2.24) is 0 Å². The fourth-order valence-corrected chi connectivity index (χ4v) is 0.666. The molecule has 0 atom stereocenters. The lowest BCUT2D eigenvalue weighted by Gasteiger charge is -2.08. The van der Waals surface area contributed by atoms with Crippen molar-refractivity contribution in [2.24, 2.45) is 0 Å². The maximum absolute atomic E-state index is 5.34. The molecule has 0 saturated carbocycles. The molecule has 0 amide bonds. The van der Waals surface area contributed by atoms with Crippen LogP contribution in [0, 0.1) is 0 Å². The van der Waals surface area contributed by atoms with E-state index in [-0.39, 0.29) is 15.7 Å². The zero-order valence-corrected chi connectivity index (χ0v) is 6.30. The number of hydrogen-bond donors (Lipinski definition) is 0. The molecule has 0 bridgehead atoms. The van der Waals surface area contributed by atoms with Gasteiger partial charge in [-0.05, 0) is 34.8 Å². The Kier molecular flexibility index (Phi) is 2.11. The molecule has 1 aliphatic heterocycles. The average Bonchev–Trinajstić information content (AvgIpc) is 1.80. The molecule has 0 fully saturated rings. The molecule has 0 aliphatic carbocycles. The summed E-state index contributed by atoms with van der Waals surface area (Å²) in [5.74, 6) is 0. The molecule has 0 aromatic rings. The zero-order valence-electron chi connectivity index (χ0n) is 4.03. The van der Waals surface area contributed by atoms with E-state index in [0.717, 1.165) is 6.26 Å². The van der Waals surface area contributed by atoms with Gasteiger partial charge >= 0.3 is 0 Å². The van der Waals surface area contributed by atoms with Crippen molar-refractivity contribution in [3.8, 4) is 0 Å². The third kappa shape index (κ3) is 1.68. The Hall–Kier alpha value is -0.0500. The van der Waals surface area contributed by atoms with Crippen LogP contribution in [-0.4, -0.2) is 0 Å². The van der Waals surface area contributed by atoms with Crippen LogP contribution in [-0.2, 0) is 9.47 Å². The molecule has 0 N–H and O–H groups in total. The van der Waals surface area contributed by atoms with Crippen molar-refractivity contribution < 1.29 is 9.47 Å². The van der Waals surface area contributed by atoms with Gasteiger partial charge in [0.15, 0.2) is 0 Å². The summed E-state index contributed by atoms with van der Waals surface area (Å²) in [6.07, 6.45) is 1.15. The van der Waals surface area contributed by atoms with Crippen LogP contribution in [0.1, 0.15) is 0 Å². The van der Waals surface area contributed by atoms with E-state index in [1.54, 1.807) is 0 Å². The van der Waals surface area contributed by atoms with E-state index in [0.29, 0.717) is 0 Å². The minimum atomic E-state index is -0.0517. The molecule has 0 aromatic carbocycles. The lowest BCUT2D eigenvalue weighted by molar-refractivity contribution is 0.257. The van der Waals surface area contributed by atoms with E-state index in [4.69, 9.17) is 34.8 Å². The molecule has 1 aliphatic rings. The Bertz CT molecular complexity index is 184. The van der Waals surface area contributed by atoms with Gasteiger partial charge in [0.25, 0.3) is 0 Å². The molecule has 0 saturated heterocycles. The van der Waals surface area contributed by atoms with Crippen molar-refractivity contribution in [2.75, 3.05) is 0 Å². The molecule has 9 heavy (non-hydrogen) atoms. The molecule has 2 nitrogen and oxygen atoms in total. The number of hydrogen-bond acceptors (Lipinski definition) is 2. The molecular formula is C4HCl3O2. The Morgan fingerprint density at radius 1 is 1.11 bits per heavy atom. The molecule has 1 rings (SSSR count). The van der Waals surface area contributed by atoms with Gasteiger partial charge in [-0.25, -0.2) is 0 Å². The standard InChI is InChI=1S/C4HCl3O2/c5-2-1-8-3(6)4(7)9-2/h1H. The Morgan fingerprint density at radius 3 is 2.22 bits per heavy atom. The van der Waals surface area contributed by atoms with E-state index >= 15 is 0 Å². The van der Waals surface area contributed by atoms with Crippen molar-refractivity contribution >= 4 is 34.8 Å². The average molecular weight is 187 g/mol. The van der Waals surface area contributed by atoms with Crippen molar-refractivity contribution in [3.63, 3.8) is 0 Å². The predicted octanol–water partition coefficient (Wildman–Crippen LogP) is 2.68. The molecule has 5 heteroatoms.